The third kappa shape index (κ3) is 5.76. The van der Waals surface area contributed by atoms with E-state index in [1.165, 1.54) is 22.3 Å². The summed E-state index contributed by atoms with van der Waals surface area (Å²) < 4.78 is 6.14. The molecule has 0 aliphatic carbocycles. The molecule has 2 aromatic carbocycles. The van der Waals surface area contributed by atoms with E-state index in [1.807, 2.05) is 6.08 Å². The molecule has 0 aliphatic heterocycles. The zero-order valence-electron chi connectivity index (χ0n) is 17.4. The molecular weight excluding hydrogens is 316 g/mol. The Balaban J connectivity index is 2.09. The van der Waals surface area contributed by atoms with E-state index in [0.717, 1.165) is 18.6 Å². The quantitative estimate of drug-likeness (QED) is 0.531. The van der Waals surface area contributed by atoms with Gasteiger partial charge in [0.05, 0.1) is 6.61 Å². The number of hydrogen-bond donors (Lipinski definition) is 0. The molecule has 0 aliphatic rings. The molecule has 140 valence electrons. The minimum Gasteiger partial charge on any atom is -0.493 e. The van der Waals surface area contributed by atoms with Gasteiger partial charge in [-0.1, -0.05) is 78.0 Å². The average Bonchev–Trinajstić information content (AvgIpc) is 2.55. The lowest BCUT2D eigenvalue weighted by Crippen LogP contribution is -2.17. The lowest BCUT2D eigenvalue weighted by molar-refractivity contribution is 0.320. The highest BCUT2D eigenvalue weighted by Crippen LogP contribution is 2.32. The van der Waals surface area contributed by atoms with Gasteiger partial charge in [-0.2, -0.15) is 0 Å². The maximum absolute atomic E-state index is 6.14. The molecule has 0 radical (unpaired) electrons. The van der Waals surface area contributed by atoms with E-state index in [2.05, 4.69) is 90.6 Å². The molecule has 0 spiro atoms. The summed E-state index contributed by atoms with van der Waals surface area (Å²) in [5.41, 5.74) is 5.49. The van der Waals surface area contributed by atoms with Gasteiger partial charge >= 0.3 is 0 Å². The van der Waals surface area contributed by atoms with Crippen LogP contribution in [0, 0.1) is 0 Å². The van der Waals surface area contributed by atoms with Gasteiger partial charge in [0.1, 0.15) is 5.75 Å². The van der Waals surface area contributed by atoms with Crippen LogP contribution in [-0.4, -0.2) is 6.61 Å². The molecule has 0 saturated carbocycles. The molecule has 0 fully saturated rings. The molecule has 0 bridgehead atoms. The van der Waals surface area contributed by atoms with Gasteiger partial charge in [0.2, 0.25) is 0 Å². The Hall–Kier alpha value is -2.02. The van der Waals surface area contributed by atoms with Gasteiger partial charge in [-0.15, -0.1) is 6.58 Å². The van der Waals surface area contributed by atoms with Crippen LogP contribution >= 0.6 is 0 Å². The Kier molecular flexibility index (Phi) is 6.34. The molecule has 0 heterocycles. The molecule has 26 heavy (non-hydrogen) atoms. The minimum atomic E-state index is 0.111. The number of allylic oxidation sites excluding steroid dienone is 1. The monoisotopic (exact) mass is 350 g/mol. The van der Waals surface area contributed by atoms with E-state index < -0.39 is 0 Å². The van der Waals surface area contributed by atoms with Crippen molar-refractivity contribution in [1.29, 1.82) is 0 Å². The van der Waals surface area contributed by atoms with Crippen molar-refractivity contribution >= 4 is 0 Å². The predicted molar refractivity (Wildman–Crippen MR) is 113 cm³/mol. The standard InChI is InChI=1S/C25H34O/c1-8-9-19-10-12-20(13-11-19)14-15-26-23-17-21(24(2,3)4)16-22(18-23)25(5,6)7/h8,10-13,16-18H,1,9,14-15H2,2-7H3. The van der Waals surface area contributed by atoms with Crippen LogP contribution in [0.15, 0.2) is 55.1 Å². The van der Waals surface area contributed by atoms with E-state index in [9.17, 15) is 0 Å². The predicted octanol–water partition coefficient (Wildman–Crippen LogP) is 6.63. The summed E-state index contributed by atoms with van der Waals surface area (Å²) in [6.45, 7) is 18.0. The first-order valence-electron chi connectivity index (χ1n) is 9.57. The Bertz CT molecular complexity index is 692. The summed E-state index contributed by atoms with van der Waals surface area (Å²) in [5, 5.41) is 0. The summed E-state index contributed by atoms with van der Waals surface area (Å²) >= 11 is 0. The van der Waals surface area contributed by atoms with Crippen molar-refractivity contribution in [2.45, 2.75) is 65.2 Å². The van der Waals surface area contributed by atoms with Gasteiger partial charge in [-0.05, 0) is 51.6 Å². The van der Waals surface area contributed by atoms with Gasteiger partial charge in [-0.3, -0.25) is 0 Å². The second-order valence-electron chi connectivity index (χ2n) is 9.15. The van der Waals surface area contributed by atoms with E-state index in [1.54, 1.807) is 0 Å². The molecule has 0 amide bonds. The van der Waals surface area contributed by atoms with Crippen LogP contribution in [-0.2, 0) is 23.7 Å². The molecule has 1 nitrogen and oxygen atoms in total. The van der Waals surface area contributed by atoms with Crippen molar-refractivity contribution in [2.75, 3.05) is 6.61 Å². The fourth-order valence-corrected chi connectivity index (χ4v) is 2.84. The van der Waals surface area contributed by atoms with E-state index in [4.69, 9.17) is 4.74 Å². The van der Waals surface area contributed by atoms with E-state index in [-0.39, 0.29) is 10.8 Å². The molecule has 0 N–H and O–H groups in total. The van der Waals surface area contributed by atoms with Crippen molar-refractivity contribution in [3.63, 3.8) is 0 Å². The second kappa shape index (κ2) is 8.12. The summed E-state index contributed by atoms with van der Waals surface area (Å²) in [6, 6.07) is 15.4. The summed E-state index contributed by atoms with van der Waals surface area (Å²) in [7, 11) is 0. The van der Waals surface area contributed by atoms with Crippen LogP contribution in [0.1, 0.15) is 63.8 Å². The summed E-state index contributed by atoms with van der Waals surface area (Å²) in [6.07, 6.45) is 3.78. The molecule has 2 rings (SSSR count). The van der Waals surface area contributed by atoms with Crippen molar-refractivity contribution in [2.24, 2.45) is 0 Å². The Morgan fingerprint density at radius 3 is 1.77 bits per heavy atom. The van der Waals surface area contributed by atoms with E-state index in [0.29, 0.717) is 6.61 Å². The zero-order valence-corrected chi connectivity index (χ0v) is 17.4. The number of ether oxygens (including phenoxy) is 1. The van der Waals surface area contributed by atoms with Crippen molar-refractivity contribution in [1.82, 2.24) is 0 Å². The lowest BCUT2D eigenvalue weighted by Gasteiger charge is -2.26. The molecule has 0 aromatic heterocycles. The maximum Gasteiger partial charge on any atom is 0.119 e. The largest absolute Gasteiger partial charge is 0.493 e. The van der Waals surface area contributed by atoms with Crippen LogP contribution in [0.2, 0.25) is 0 Å². The number of benzene rings is 2. The molecule has 0 atom stereocenters. The lowest BCUT2D eigenvalue weighted by atomic mass is 9.80. The van der Waals surface area contributed by atoms with Gasteiger partial charge in [0.15, 0.2) is 0 Å². The summed E-state index contributed by atoms with van der Waals surface area (Å²) in [4.78, 5) is 0. The molecular formula is C25H34O. The van der Waals surface area contributed by atoms with Gasteiger partial charge < -0.3 is 4.74 Å². The highest BCUT2D eigenvalue weighted by molar-refractivity contribution is 5.40. The van der Waals surface area contributed by atoms with Gasteiger partial charge in [0.25, 0.3) is 0 Å². The SMILES string of the molecule is C=CCc1ccc(CCOc2cc(C(C)(C)C)cc(C(C)(C)C)c2)cc1. The minimum absolute atomic E-state index is 0.111. The van der Waals surface area contributed by atoms with E-state index >= 15 is 0 Å². The molecule has 0 unspecified atom stereocenters. The third-order valence-electron chi connectivity index (χ3n) is 4.70. The normalized spacial score (nSPS) is 12.1. The van der Waals surface area contributed by atoms with Crippen LogP contribution in [0.3, 0.4) is 0 Å². The molecule has 2 aromatic rings. The first kappa shape index (κ1) is 20.3. The Morgan fingerprint density at radius 1 is 0.808 bits per heavy atom. The topological polar surface area (TPSA) is 9.23 Å². The van der Waals surface area contributed by atoms with Crippen LogP contribution < -0.4 is 4.74 Å². The van der Waals surface area contributed by atoms with Crippen LogP contribution in [0.25, 0.3) is 0 Å². The van der Waals surface area contributed by atoms with Crippen molar-refractivity contribution < 1.29 is 4.74 Å². The molecule has 0 saturated heterocycles. The summed E-state index contributed by atoms with van der Waals surface area (Å²) in [5.74, 6) is 0.977. The van der Waals surface area contributed by atoms with Crippen LogP contribution in [0.4, 0.5) is 0 Å². The van der Waals surface area contributed by atoms with Crippen molar-refractivity contribution in [3.05, 3.63) is 77.4 Å². The third-order valence-corrected chi connectivity index (χ3v) is 4.70. The maximum atomic E-state index is 6.14. The van der Waals surface area contributed by atoms with Gasteiger partial charge in [0, 0.05) is 6.42 Å². The smallest absolute Gasteiger partial charge is 0.119 e. The average molecular weight is 351 g/mol. The number of hydrogen-bond acceptors (Lipinski definition) is 1. The Labute approximate surface area is 160 Å². The number of rotatable bonds is 6. The highest BCUT2D eigenvalue weighted by atomic mass is 16.5. The first-order chi connectivity index (χ1) is 12.1. The fraction of sp³-hybridized carbons (Fsp3) is 0.440. The Morgan fingerprint density at radius 2 is 1.31 bits per heavy atom. The fourth-order valence-electron chi connectivity index (χ4n) is 2.84. The van der Waals surface area contributed by atoms with Gasteiger partial charge in [-0.25, -0.2) is 0 Å². The molecule has 1 heteroatoms. The zero-order chi connectivity index (χ0) is 19.4. The second-order valence-corrected chi connectivity index (χ2v) is 9.15. The first-order valence-corrected chi connectivity index (χ1v) is 9.57. The van der Waals surface area contributed by atoms with Crippen LogP contribution in [0.5, 0.6) is 5.75 Å². The highest BCUT2D eigenvalue weighted by Gasteiger charge is 2.20. The van der Waals surface area contributed by atoms with Crippen molar-refractivity contribution in [3.8, 4) is 5.75 Å².